The van der Waals surface area contributed by atoms with Crippen molar-refractivity contribution in [3.8, 4) is 0 Å². The summed E-state index contributed by atoms with van der Waals surface area (Å²) < 4.78 is 0. The molecule has 0 bridgehead atoms. The van der Waals surface area contributed by atoms with Crippen LogP contribution in [0, 0.1) is 0 Å². The fraction of sp³-hybridized carbons (Fsp3) is 0.333. The minimum atomic E-state index is -0.790. The van der Waals surface area contributed by atoms with E-state index in [0.717, 1.165) is 0 Å². The van der Waals surface area contributed by atoms with Crippen molar-refractivity contribution in [1.29, 1.82) is 0 Å². The van der Waals surface area contributed by atoms with Gasteiger partial charge in [-0.2, -0.15) is 0 Å². The predicted octanol–water partition coefficient (Wildman–Crippen LogP) is 1.85. The SMILES string of the molecule is O=C(O)C1(c2ccc(Cl)cn2)CC1. The lowest BCUT2D eigenvalue weighted by molar-refractivity contribution is -0.140. The first kappa shape index (κ1) is 8.51. The Balaban J connectivity index is 2.36. The first-order chi connectivity index (χ1) is 6.15. The summed E-state index contributed by atoms with van der Waals surface area (Å²) >= 11 is 5.65. The monoisotopic (exact) mass is 197 g/mol. The molecule has 1 aromatic heterocycles. The average Bonchev–Trinajstić information content (AvgIpc) is 2.86. The minimum Gasteiger partial charge on any atom is -0.481 e. The lowest BCUT2D eigenvalue weighted by Gasteiger charge is -2.07. The van der Waals surface area contributed by atoms with Gasteiger partial charge in [0.25, 0.3) is 0 Å². The van der Waals surface area contributed by atoms with E-state index in [1.807, 2.05) is 0 Å². The van der Waals surface area contributed by atoms with Gasteiger partial charge in [0.2, 0.25) is 0 Å². The van der Waals surface area contributed by atoms with Crippen molar-refractivity contribution in [3.05, 3.63) is 29.0 Å². The van der Waals surface area contributed by atoms with Crippen LogP contribution in [-0.4, -0.2) is 16.1 Å². The smallest absolute Gasteiger partial charge is 0.315 e. The van der Waals surface area contributed by atoms with E-state index in [-0.39, 0.29) is 0 Å². The van der Waals surface area contributed by atoms with E-state index in [1.54, 1.807) is 12.1 Å². The van der Waals surface area contributed by atoms with E-state index in [0.29, 0.717) is 23.6 Å². The highest BCUT2D eigenvalue weighted by molar-refractivity contribution is 6.30. The maximum absolute atomic E-state index is 10.9. The van der Waals surface area contributed by atoms with E-state index in [1.165, 1.54) is 6.20 Å². The zero-order valence-electron chi connectivity index (χ0n) is 6.83. The van der Waals surface area contributed by atoms with Crippen LogP contribution < -0.4 is 0 Å². The summed E-state index contributed by atoms with van der Waals surface area (Å²) in [7, 11) is 0. The van der Waals surface area contributed by atoms with Crippen LogP contribution in [0.5, 0.6) is 0 Å². The third kappa shape index (κ3) is 1.29. The van der Waals surface area contributed by atoms with Crippen molar-refractivity contribution in [2.24, 2.45) is 0 Å². The summed E-state index contributed by atoms with van der Waals surface area (Å²) in [6.45, 7) is 0. The number of nitrogens with zero attached hydrogens (tertiary/aromatic N) is 1. The highest BCUT2D eigenvalue weighted by Crippen LogP contribution is 2.47. The Morgan fingerprint density at radius 2 is 2.23 bits per heavy atom. The van der Waals surface area contributed by atoms with E-state index < -0.39 is 11.4 Å². The molecule has 3 nitrogen and oxygen atoms in total. The number of aliphatic carboxylic acids is 1. The molecule has 0 aromatic carbocycles. The van der Waals surface area contributed by atoms with Gasteiger partial charge >= 0.3 is 5.97 Å². The van der Waals surface area contributed by atoms with Crippen molar-refractivity contribution in [2.75, 3.05) is 0 Å². The van der Waals surface area contributed by atoms with Gasteiger partial charge in [0.05, 0.1) is 10.7 Å². The molecule has 1 fully saturated rings. The normalized spacial score (nSPS) is 18.2. The molecule has 0 atom stereocenters. The first-order valence-corrected chi connectivity index (χ1v) is 4.38. The lowest BCUT2D eigenvalue weighted by atomic mass is 10.0. The number of hydrogen-bond acceptors (Lipinski definition) is 2. The second-order valence-corrected chi connectivity index (χ2v) is 3.69. The molecule has 0 unspecified atom stereocenters. The Morgan fingerprint density at radius 3 is 2.62 bits per heavy atom. The molecule has 1 aliphatic rings. The Morgan fingerprint density at radius 1 is 1.54 bits per heavy atom. The topological polar surface area (TPSA) is 50.2 Å². The van der Waals surface area contributed by atoms with Crippen LogP contribution in [0.15, 0.2) is 18.3 Å². The molecular formula is C9H8ClNO2. The van der Waals surface area contributed by atoms with Gasteiger partial charge in [-0.15, -0.1) is 0 Å². The molecule has 0 aliphatic heterocycles. The fourth-order valence-electron chi connectivity index (χ4n) is 1.36. The van der Waals surface area contributed by atoms with Crippen LogP contribution in [0.4, 0.5) is 0 Å². The lowest BCUT2D eigenvalue weighted by Crippen LogP contribution is -2.20. The molecule has 13 heavy (non-hydrogen) atoms. The van der Waals surface area contributed by atoms with Crippen LogP contribution in [0.1, 0.15) is 18.5 Å². The van der Waals surface area contributed by atoms with Crippen molar-refractivity contribution >= 4 is 17.6 Å². The van der Waals surface area contributed by atoms with Crippen LogP contribution in [-0.2, 0) is 10.2 Å². The molecule has 1 saturated carbocycles. The third-order valence-electron chi connectivity index (χ3n) is 2.38. The average molecular weight is 198 g/mol. The van der Waals surface area contributed by atoms with Crippen molar-refractivity contribution < 1.29 is 9.90 Å². The number of aromatic nitrogens is 1. The van der Waals surface area contributed by atoms with Crippen LogP contribution in [0.25, 0.3) is 0 Å². The number of rotatable bonds is 2. The Labute approximate surface area is 80.4 Å². The number of carboxylic acid groups (broad SMARTS) is 1. The quantitative estimate of drug-likeness (QED) is 0.787. The first-order valence-electron chi connectivity index (χ1n) is 4.00. The number of halogens is 1. The maximum Gasteiger partial charge on any atom is 0.315 e. The summed E-state index contributed by atoms with van der Waals surface area (Å²) in [5.74, 6) is -0.790. The number of carboxylic acids is 1. The van der Waals surface area contributed by atoms with Crippen molar-refractivity contribution in [3.63, 3.8) is 0 Å². The third-order valence-corrected chi connectivity index (χ3v) is 2.60. The van der Waals surface area contributed by atoms with Gasteiger partial charge in [0, 0.05) is 6.20 Å². The predicted molar refractivity (Wildman–Crippen MR) is 47.8 cm³/mol. The summed E-state index contributed by atoms with van der Waals surface area (Å²) in [5, 5.41) is 9.49. The van der Waals surface area contributed by atoms with Crippen molar-refractivity contribution in [1.82, 2.24) is 4.98 Å². The molecule has 1 N–H and O–H groups in total. The highest BCUT2D eigenvalue weighted by Gasteiger charge is 2.52. The molecule has 0 amide bonds. The molecule has 2 rings (SSSR count). The van der Waals surface area contributed by atoms with Crippen LogP contribution >= 0.6 is 11.6 Å². The second-order valence-electron chi connectivity index (χ2n) is 3.25. The fourth-order valence-corrected chi connectivity index (χ4v) is 1.48. The standard InChI is InChI=1S/C9H8ClNO2/c10-6-1-2-7(11-5-6)9(3-4-9)8(12)13/h1-2,5H,3-4H2,(H,12,13). The zero-order chi connectivity index (χ0) is 9.47. The summed E-state index contributed by atoms with van der Waals surface area (Å²) in [4.78, 5) is 14.9. The summed E-state index contributed by atoms with van der Waals surface area (Å²) in [6.07, 6.45) is 2.84. The Bertz CT molecular complexity index is 343. The van der Waals surface area contributed by atoms with Gasteiger partial charge in [-0.25, -0.2) is 0 Å². The highest BCUT2D eigenvalue weighted by atomic mass is 35.5. The van der Waals surface area contributed by atoms with E-state index in [9.17, 15) is 4.79 Å². The Kier molecular flexibility index (Phi) is 1.77. The van der Waals surface area contributed by atoms with Crippen LogP contribution in [0.3, 0.4) is 0 Å². The van der Waals surface area contributed by atoms with Crippen molar-refractivity contribution in [2.45, 2.75) is 18.3 Å². The zero-order valence-corrected chi connectivity index (χ0v) is 7.58. The molecule has 0 radical (unpaired) electrons. The van der Waals surface area contributed by atoms with E-state index in [4.69, 9.17) is 16.7 Å². The minimum absolute atomic E-state index is 0.532. The molecule has 0 spiro atoms. The van der Waals surface area contributed by atoms with Gasteiger partial charge in [-0.3, -0.25) is 9.78 Å². The molecule has 4 heteroatoms. The molecule has 1 heterocycles. The largest absolute Gasteiger partial charge is 0.481 e. The number of hydrogen-bond donors (Lipinski definition) is 1. The molecule has 1 aliphatic carbocycles. The van der Waals surface area contributed by atoms with Crippen LogP contribution in [0.2, 0.25) is 5.02 Å². The summed E-state index contributed by atoms with van der Waals surface area (Å²) in [6, 6.07) is 3.36. The van der Waals surface area contributed by atoms with Gasteiger partial charge in [0.15, 0.2) is 0 Å². The number of pyridine rings is 1. The second kappa shape index (κ2) is 2.70. The molecular weight excluding hydrogens is 190 g/mol. The molecule has 68 valence electrons. The van der Waals surface area contributed by atoms with Gasteiger partial charge in [0.1, 0.15) is 5.41 Å². The number of carbonyl (C=O) groups is 1. The molecule has 0 saturated heterocycles. The van der Waals surface area contributed by atoms with E-state index >= 15 is 0 Å². The van der Waals surface area contributed by atoms with E-state index in [2.05, 4.69) is 4.98 Å². The Hall–Kier alpha value is -1.09. The van der Waals surface area contributed by atoms with Gasteiger partial charge in [-0.1, -0.05) is 11.6 Å². The molecule has 1 aromatic rings. The summed E-state index contributed by atoms with van der Waals surface area (Å²) in [5.41, 5.74) is -0.102. The maximum atomic E-state index is 10.9. The van der Waals surface area contributed by atoms with Gasteiger partial charge < -0.3 is 5.11 Å². The van der Waals surface area contributed by atoms with Gasteiger partial charge in [-0.05, 0) is 25.0 Å².